The number of halogens is 1. The number of aromatic nitrogens is 2. The second-order valence-corrected chi connectivity index (χ2v) is 3.83. The number of carboxylic acid groups (broad SMARTS) is 1. The summed E-state index contributed by atoms with van der Waals surface area (Å²) >= 11 is 0. The van der Waals surface area contributed by atoms with Gasteiger partial charge in [0.05, 0.1) is 5.36 Å². The van der Waals surface area contributed by atoms with Gasteiger partial charge in [-0.25, -0.2) is 9.78 Å². The fourth-order valence-corrected chi connectivity index (χ4v) is 1.79. The number of aryl methyl sites for hydroxylation is 2. The molecule has 0 atom stereocenters. The predicted octanol–water partition coefficient (Wildman–Crippen LogP) is 1.96. The van der Waals surface area contributed by atoms with Crippen molar-refractivity contribution in [2.24, 2.45) is 0 Å². The van der Waals surface area contributed by atoms with Gasteiger partial charge in [-0.05, 0) is 26.0 Å². The van der Waals surface area contributed by atoms with Gasteiger partial charge < -0.3 is 9.67 Å². The van der Waals surface area contributed by atoms with Gasteiger partial charge in [-0.1, -0.05) is 0 Å². The smallest absolute Gasteiger partial charge is 0.339 e. The zero-order valence-electron chi connectivity index (χ0n) is 10.1. The molecule has 0 fully saturated rings. The van der Waals surface area contributed by atoms with Gasteiger partial charge in [-0.3, -0.25) is 5.41 Å². The Kier molecular flexibility index (Phi) is 4.08. The molecular weight excluding hydrogens is 254 g/mol. The van der Waals surface area contributed by atoms with Crippen LogP contribution in [0.3, 0.4) is 0 Å². The van der Waals surface area contributed by atoms with E-state index in [0.717, 1.165) is 5.69 Å². The van der Waals surface area contributed by atoms with Crippen molar-refractivity contribution in [1.82, 2.24) is 9.55 Å². The van der Waals surface area contributed by atoms with Crippen LogP contribution in [0.5, 0.6) is 0 Å². The second kappa shape index (κ2) is 5.18. The maximum Gasteiger partial charge on any atom is 0.339 e. The normalized spacial score (nSPS) is 10.1. The van der Waals surface area contributed by atoms with Crippen LogP contribution in [0, 0.1) is 12.3 Å². The Morgan fingerprint density at radius 3 is 2.72 bits per heavy atom. The number of rotatable bonds is 2. The number of fused-ring (bicyclic) bond motifs is 1. The van der Waals surface area contributed by atoms with Crippen molar-refractivity contribution in [1.29, 1.82) is 5.41 Å². The van der Waals surface area contributed by atoms with E-state index < -0.39 is 5.97 Å². The standard InChI is InChI=1S/C12H13N3O2.ClH/c1-3-15-6-9(12(16)17)10(13)8-5-4-7(2)14-11(8)15;/h4-6,13H,3H2,1-2H3,(H,16,17);1H. The maximum atomic E-state index is 11.0. The molecule has 0 saturated carbocycles. The maximum absolute atomic E-state index is 11.0. The van der Waals surface area contributed by atoms with E-state index in [-0.39, 0.29) is 23.3 Å². The van der Waals surface area contributed by atoms with Crippen LogP contribution in [-0.4, -0.2) is 20.6 Å². The molecule has 0 bridgehead atoms. The molecule has 2 N–H and O–H groups in total. The molecule has 0 unspecified atom stereocenters. The van der Waals surface area contributed by atoms with E-state index in [1.807, 2.05) is 13.8 Å². The van der Waals surface area contributed by atoms with Gasteiger partial charge in [0.25, 0.3) is 0 Å². The molecule has 2 aromatic rings. The first kappa shape index (κ1) is 14.2. The molecule has 0 saturated heterocycles. The number of aromatic carboxylic acids is 1. The summed E-state index contributed by atoms with van der Waals surface area (Å²) in [5, 5.41) is 17.5. The van der Waals surface area contributed by atoms with Crippen molar-refractivity contribution >= 4 is 29.4 Å². The SMILES string of the molecule is CCn1cc(C(=O)O)c(=N)c2ccc(C)nc21.Cl. The van der Waals surface area contributed by atoms with E-state index in [0.29, 0.717) is 17.6 Å². The molecular formula is C12H14ClN3O2. The number of carboxylic acids is 1. The zero-order chi connectivity index (χ0) is 12.6. The number of hydrogen-bond acceptors (Lipinski definition) is 3. The predicted molar refractivity (Wildman–Crippen MR) is 70.2 cm³/mol. The highest BCUT2D eigenvalue weighted by molar-refractivity contribution is 5.91. The van der Waals surface area contributed by atoms with Crippen LogP contribution in [0.25, 0.3) is 11.0 Å². The van der Waals surface area contributed by atoms with E-state index in [1.54, 1.807) is 16.7 Å². The molecule has 18 heavy (non-hydrogen) atoms. The molecule has 96 valence electrons. The van der Waals surface area contributed by atoms with E-state index in [4.69, 9.17) is 10.5 Å². The van der Waals surface area contributed by atoms with E-state index in [2.05, 4.69) is 4.98 Å². The molecule has 0 radical (unpaired) electrons. The highest BCUT2D eigenvalue weighted by atomic mass is 35.5. The highest BCUT2D eigenvalue weighted by Crippen LogP contribution is 2.10. The first-order chi connectivity index (χ1) is 8.04. The van der Waals surface area contributed by atoms with Crippen molar-refractivity contribution in [2.75, 3.05) is 0 Å². The van der Waals surface area contributed by atoms with Crippen LogP contribution in [0.4, 0.5) is 0 Å². The Hall–Kier alpha value is -1.88. The van der Waals surface area contributed by atoms with Crippen molar-refractivity contribution in [3.63, 3.8) is 0 Å². The van der Waals surface area contributed by atoms with Crippen molar-refractivity contribution in [3.05, 3.63) is 34.9 Å². The van der Waals surface area contributed by atoms with Gasteiger partial charge in [0.2, 0.25) is 0 Å². The van der Waals surface area contributed by atoms with Gasteiger partial charge in [0, 0.05) is 23.8 Å². The minimum Gasteiger partial charge on any atom is -0.478 e. The summed E-state index contributed by atoms with van der Waals surface area (Å²) in [5.41, 5.74) is 1.51. The van der Waals surface area contributed by atoms with Gasteiger partial charge >= 0.3 is 5.97 Å². The summed E-state index contributed by atoms with van der Waals surface area (Å²) in [6, 6.07) is 3.53. The van der Waals surface area contributed by atoms with Gasteiger partial charge in [0.1, 0.15) is 11.2 Å². The van der Waals surface area contributed by atoms with Crippen molar-refractivity contribution in [3.8, 4) is 0 Å². The largest absolute Gasteiger partial charge is 0.478 e. The third-order valence-electron chi connectivity index (χ3n) is 2.68. The topological polar surface area (TPSA) is 79.0 Å². The van der Waals surface area contributed by atoms with Gasteiger partial charge in [0.15, 0.2) is 0 Å². The monoisotopic (exact) mass is 267 g/mol. The summed E-state index contributed by atoms with van der Waals surface area (Å²) in [7, 11) is 0. The van der Waals surface area contributed by atoms with Crippen LogP contribution >= 0.6 is 12.4 Å². The highest BCUT2D eigenvalue weighted by Gasteiger charge is 2.12. The molecule has 2 heterocycles. The Balaban J connectivity index is 0.00000162. The third-order valence-corrected chi connectivity index (χ3v) is 2.68. The molecule has 0 amide bonds. The molecule has 2 rings (SSSR count). The lowest BCUT2D eigenvalue weighted by Gasteiger charge is -2.10. The number of hydrogen-bond donors (Lipinski definition) is 2. The number of carbonyl (C=O) groups is 1. The summed E-state index contributed by atoms with van der Waals surface area (Å²) in [4.78, 5) is 15.4. The van der Waals surface area contributed by atoms with Crippen LogP contribution in [0.1, 0.15) is 23.0 Å². The van der Waals surface area contributed by atoms with E-state index in [9.17, 15) is 4.79 Å². The third kappa shape index (κ3) is 2.22. The number of nitrogens with zero attached hydrogens (tertiary/aromatic N) is 2. The molecule has 0 aliphatic rings. The first-order valence-corrected chi connectivity index (χ1v) is 5.33. The van der Waals surface area contributed by atoms with Crippen LogP contribution in [0.15, 0.2) is 18.3 Å². The molecule has 6 heteroatoms. The Morgan fingerprint density at radius 2 is 2.17 bits per heavy atom. The Labute approximate surface area is 110 Å². The molecule has 2 aromatic heterocycles. The Bertz CT molecular complexity index is 664. The fraction of sp³-hybridized carbons (Fsp3) is 0.250. The molecule has 0 aliphatic carbocycles. The van der Waals surface area contributed by atoms with Crippen molar-refractivity contribution in [2.45, 2.75) is 20.4 Å². The lowest BCUT2D eigenvalue weighted by atomic mass is 10.1. The van der Waals surface area contributed by atoms with E-state index in [1.165, 1.54) is 6.20 Å². The minimum atomic E-state index is -1.08. The second-order valence-electron chi connectivity index (χ2n) is 3.83. The summed E-state index contributed by atoms with van der Waals surface area (Å²) in [6.45, 7) is 4.40. The quantitative estimate of drug-likeness (QED) is 0.873. The molecule has 0 spiro atoms. The average Bonchev–Trinajstić information content (AvgIpc) is 2.29. The fourth-order valence-electron chi connectivity index (χ4n) is 1.79. The summed E-state index contributed by atoms with van der Waals surface area (Å²) in [6.07, 6.45) is 1.47. The zero-order valence-corrected chi connectivity index (χ0v) is 10.9. The molecule has 0 aliphatic heterocycles. The number of nitrogens with one attached hydrogen (secondary N) is 1. The lowest BCUT2D eigenvalue weighted by molar-refractivity contribution is 0.0694. The number of pyridine rings is 2. The van der Waals surface area contributed by atoms with Gasteiger partial charge in [-0.15, -0.1) is 12.4 Å². The first-order valence-electron chi connectivity index (χ1n) is 5.33. The molecule has 5 nitrogen and oxygen atoms in total. The summed E-state index contributed by atoms with van der Waals surface area (Å²) in [5.74, 6) is -1.08. The van der Waals surface area contributed by atoms with Crippen LogP contribution < -0.4 is 5.36 Å². The van der Waals surface area contributed by atoms with E-state index >= 15 is 0 Å². The minimum absolute atomic E-state index is 0. The van der Waals surface area contributed by atoms with Crippen LogP contribution in [-0.2, 0) is 6.54 Å². The van der Waals surface area contributed by atoms with Gasteiger partial charge in [-0.2, -0.15) is 0 Å². The Morgan fingerprint density at radius 1 is 1.50 bits per heavy atom. The van der Waals surface area contributed by atoms with Crippen molar-refractivity contribution < 1.29 is 9.90 Å². The summed E-state index contributed by atoms with van der Waals surface area (Å²) < 4.78 is 1.75. The lowest BCUT2D eigenvalue weighted by Crippen LogP contribution is -2.19. The average molecular weight is 268 g/mol. The molecule has 0 aromatic carbocycles. The van der Waals surface area contributed by atoms with Crippen LogP contribution in [0.2, 0.25) is 0 Å².